The maximum atomic E-state index is 11.0. The molecule has 7 nitrogen and oxygen atoms in total. The third-order valence-electron chi connectivity index (χ3n) is 2.58. The summed E-state index contributed by atoms with van der Waals surface area (Å²) in [5.41, 5.74) is 0.803. The van der Waals surface area contributed by atoms with E-state index in [9.17, 15) is 10.1 Å². The van der Waals surface area contributed by atoms with Gasteiger partial charge in [-0.2, -0.15) is 0 Å². The Labute approximate surface area is 121 Å². The second-order valence-electron chi connectivity index (χ2n) is 4.11. The van der Waals surface area contributed by atoms with E-state index in [0.29, 0.717) is 37.3 Å². The minimum absolute atomic E-state index is 0.00992. The Morgan fingerprint density at radius 1 is 1.10 bits per heavy atom. The van der Waals surface area contributed by atoms with Crippen LogP contribution in [0.25, 0.3) is 0 Å². The summed E-state index contributed by atoms with van der Waals surface area (Å²) >= 11 is 5.99. The van der Waals surface area contributed by atoms with Gasteiger partial charge in [0.15, 0.2) is 0 Å². The molecule has 0 aromatic heterocycles. The van der Waals surface area contributed by atoms with E-state index in [1.54, 1.807) is 6.07 Å². The fourth-order valence-corrected chi connectivity index (χ4v) is 1.82. The SMILES string of the molecule is O=[N+]([O-])c1cc(Cl)c(NCCCO)cc1NCCCO. The van der Waals surface area contributed by atoms with Gasteiger partial charge in [0.2, 0.25) is 0 Å². The molecule has 1 rings (SSSR count). The largest absolute Gasteiger partial charge is 0.396 e. The second-order valence-corrected chi connectivity index (χ2v) is 4.52. The molecule has 0 saturated carbocycles. The van der Waals surface area contributed by atoms with Gasteiger partial charge in [0.1, 0.15) is 5.69 Å². The molecule has 0 atom stereocenters. The third kappa shape index (κ3) is 4.84. The van der Waals surface area contributed by atoms with Crippen molar-refractivity contribution in [2.24, 2.45) is 0 Å². The number of halogens is 1. The first-order chi connectivity index (χ1) is 9.60. The van der Waals surface area contributed by atoms with E-state index >= 15 is 0 Å². The normalized spacial score (nSPS) is 10.3. The zero-order valence-corrected chi connectivity index (χ0v) is 11.7. The van der Waals surface area contributed by atoms with Gasteiger partial charge in [-0.15, -0.1) is 0 Å². The van der Waals surface area contributed by atoms with Crippen LogP contribution < -0.4 is 10.6 Å². The lowest BCUT2D eigenvalue weighted by molar-refractivity contribution is -0.383. The highest BCUT2D eigenvalue weighted by Gasteiger charge is 2.17. The number of anilines is 2. The molecule has 0 amide bonds. The van der Waals surface area contributed by atoms with E-state index in [2.05, 4.69) is 10.6 Å². The summed E-state index contributed by atoms with van der Waals surface area (Å²) in [6, 6.07) is 2.85. The molecule has 1 aromatic rings. The van der Waals surface area contributed by atoms with Crippen molar-refractivity contribution in [2.75, 3.05) is 36.9 Å². The minimum Gasteiger partial charge on any atom is -0.396 e. The van der Waals surface area contributed by atoms with Gasteiger partial charge in [-0.05, 0) is 18.9 Å². The van der Waals surface area contributed by atoms with Gasteiger partial charge in [0.25, 0.3) is 5.69 Å². The topological polar surface area (TPSA) is 108 Å². The molecule has 0 aliphatic heterocycles. The van der Waals surface area contributed by atoms with Crippen molar-refractivity contribution >= 4 is 28.7 Å². The molecule has 4 N–H and O–H groups in total. The first kappa shape index (κ1) is 16.5. The van der Waals surface area contributed by atoms with Crippen molar-refractivity contribution in [3.63, 3.8) is 0 Å². The van der Waals surface area contributed by atoms with Crippen LogP contribution in [0.2, 0.25) is 5.02 Å². The molecule has 0 radical (unpaired) electrons. The lowest BCUT2D eigenvalue weighted by atomic mass is 10.2. The van der Waals surface area contributed by atoms with E-state index in [4.69, 9.17) is 21.8 Å². The van der Waals surface area contributed by atoms with Gasteiger partial charge in [0, 0.05) is 32.4 Å². The standard InChI is InChI=1S/C12H18ClN3O4/c13-9-7-12(16(19)20)11(15-4-2-6-18)8-10(9)14-3-1-5-17/h7-8,14-15,17-18H,1-6H2. The first-order valence-electron chi connectivity index (χ1n) is 6.27. The zero-order chi connectivity index (χ0) is 15.0. The van der Waals surface area contributed by atoms with E-state index in [0.717, 1.165) is 0 Å². The van der Waals surface area contributed by atoms with Crippen molar-refractivity contribution in [1.29, 1.82) is 0 Å². The Kier molecular flexibility index (Phi) is 7.06. The first-order valence-corrected chi connectivity index (χ1v) is 6.65. The summed E-state index contributed by atoms with van der Waals surface area (Å²) in [5.74, 6) is 0. The lowest BCUT2D eigenvalue weighted by Gasteiger charge is -2.12. The molecule has 8 heteroatoms. The summed E-state index contributed by atoms with van der Waals surface area (Å²) < 4.78 is 0. The maximum Gasteiger partial charge on any atom is 0.293 e. The van der Waals surface area contributed by atoms with Crippen molar-refractivity contribution in [2.45, 2.75) is 12.8 Å². The molecule has 20 heavy (non-hydrogen) atoms. The molecule has 0 saturated heterocycles. The highest BCUT2D eigenvalue weighted by molar-refractivity contribution is 6.33. The van der Waals surface area contributed by atoms with Gasteiger partial charge in [0.05, 0.1) is 15.6 Å². The Balaban J connectivity index is 2.91. The number of aliphatic hydroxyl groups excluding tert-OH is 2. The second kappa shape index (κ2) is 8.57. The van der Waals surface area contributed by atoms with Crippen LogP contribution in [0, 0.1) is 10.1 Å². The molecule has 112 valence electrons. The van der Waals surface area contributed by atoms with Crippen LogP contribution in [-0.2, 0) is 0 Å². The number of aliphatic hydroxyl groups is 2. The van der Waals surface area contributed by atoms with Crippen molar-refractivity contribution < 1.29 is 15.1 Å². The Morgan fingerprint density at radius 3 is 2.15 bits per heavy atom. The fraction of sp³-hybridized carbons (Fsp3) is 0.500. The smallest absolute Gasteiger partial charge is 0.293 e. The molecule has 1 aromatic carbocycles. The van der Waals surface area contributed by atoms with E-state index in [1.165, 1.54) is 6.07 Å². The van der Waals surface area contributed by atoms with Crippen molar-refractivity contribution in [3.8, 4) is 0 Å². The number of nitrogens with one attached hydrogen (secondary N) is 2. The van der Waals surface area contributed by atoms with Gasteiger partial charge in [-0.25, -0.2) is 0 Å². The van der Waals surface area contributed by atoms with Crippen LogP contribution >= 0.6 is 11.6 Å². The highest BCUT2D eigenvalue weighted by Crippen LogP contribution is 2.34. The fourth-order valence-electron chi connectivity index (χ4n) is 1.60. The van der Waals surface area contributed by atoms with Crippen LogP contribution in [0.5, 0.6) is 0 Å². The molecule has 0 aliphatic rings. The lowest BCUT2D eigenvalue weighted by Crippen LogP contribution is -2.08. The summed E-state index contributed by atoms with van der Waals surface area (Å²) in [5, 5.41) is 34.6. The maximum absolute atomic E-state index is 11.0. The average molecular weight is 304 g/mol. The van der Waals surface area contributed by atoms with Crippen LogP contribution in [-0.4, -0.2) is 41.4 Å². The molecule has 0 fully saturated rings. The quantitative estimate of drug-likeness (QED) is 0.315. The Hall–Kier alpha value is -1.57. The van der Waals surface area contributed by atoms with Crippen LogP contribution in [0.3, 0.4) is 0 Å². The van der Waals surface area contributed by atoms with E-state index < -0.39 is 4.92 Å². The summed E-state index contributed by atoms with van der Waals surface area (Å²) in [6.07, 6.45) is 1.05. The number of benzene rings is 1. The number of hydrogen-bond donors (Lipinski definition) is 4. The monoisotopic (exact) mass is 303 g/mol. The number of nitro benzene ring substituents is 1. The molecule has 0 spiro atoms. The summed E-state index contributed by atoms with van der Waals surface area (Å²) in [4.78, 5) is 10.5. The zero-order valence-electron chi connectivity index (χ0n) is 10.9. The number of rotatable bonds is 9. The molecular formula is C12H18ClN3O4. The molecule has 0 aliphatic carbocycles. The van der Waals surface area contributed by atoms with E-state index in [-0.39, 0.29) is 23.9 Å². The minimum atomic E-state index is -0.509. The third-order valence-corrected chi connectivity index (χ3v) is 2.90. The summed E-state index contributed by atoms with van der Waals surface area (Å²) in [7, 11) is 0. The Morgan fingerprint density at radius 2 is 1.65 bits per heavy atom. The van der Waals surface area contributed by atoms with Crippen LogP contribution in [0.4, 0.5) is 17.1 Å². The van der Waals surface area contributed by atoms with Crippen molar-refractivity contribution in [3.05, 3.63) is 27.3 Å². The summed E-state index contributed by atoms with van der Waals surface area (Å²) in [6.45, 7) is 1.01. The van der Waals surface area contributed by atoms with E-state index in [1.807, 2.05) is 0 Å². The number of nitro groups is 1. The predicted molar refractivity (Wildman–Crippen MR) is 78.5 cm³/mol. The number of nitrogens with zero attached hydrogens (tertiary/aromatic N) is 1. The number of hydrogen-bond acceptors (Lipinski definition) is 6. The molecular weight excluding hydrogens is 286 g/mol. The predicted octanol–water partition coefficient (Wildman–Crippen LogP) is 1.84. The average Bonchev–Trinajstić information content (AvgIpc) is 2.41. The van der Waals surface area contributed by atoms with Gasteiger partial charge >= 0.3 is 0 Å². The Bertz CT molecular complexity index is 457. The van der Waals surface area contributed by atoms with Gasteiger partial charge < -0.3 is 20.8 Å². The highest BCUT2D eigenvalue weighted by atomic mass is 35.5. The van der Waals surface area contributed by atoms with Gasteiger partial charge in [-0.3, -0.25) is 10.1 Å². The van der Waals surface area contributed by atoms with Crippen molar-refractivity contribution in [1.82, 2.24) is 0 Å². The molecule has 0 heterocycles. The molecule has 0 bridgehead atoms. The van der Waals surface area contributed by atoms with Crippen LogP contribution in [0.15, 0.2) is 12.1 Å². The van der Waals surface area contributed by atoms with Gasteiger partial charge in [-0.1, -0.05) is 11.6 Å². The molecule has 0 unspecified atom stereocenters. The van der Waals surface area contributed by atoms with Crippen LogP contribution in [0.1, 0.15) is 12.8 Å².